The van der Waals surface area contributed by atoms with E-state index in [9.17, 15) is 4.79 Å². The summed E-state index contributed by atoms with van der Waals surface area (Å²) in [5, 5.41) is 8.60. The van der Waals surface area contributed by atoms with Gasteiger partial charge in [0.2, 0.25) is 0 Å². The minimum absolute atomic E-state index is 0.0456. The molecule has 0 atom stereocenters. The SMILES string of the molecule is [2H]C([2H])(CCCCCCC)C([2H])([2H])C(=O)O. The maximum Gasteiger partial charge on any atom is 0.303 e. The molecule has 0 spiro atoms. The van der Waals surface area contributed by atoms with E-state index in [0.717, 1.165) is 25.7 Å². The highest BCUT2D eigenvalue weighted by Gasteiger charge is 1.95. The number of unbranched alkanes of at least 4 members (excludes halogenated alkanes) is 4. The highest BCUT2D eigenvalue weighted by Crippen LogP contribution is 2.07. The molecular formula is C10H20O2. The van der Waals surface area contributed by atoms with Gasteiger partial charge < -0.3 is 5.11 Å². The van der Waals surface area contributed by atoms with Crippen molar-refractivity contribution in [1.82, 2.24) is 0 Å². The number of carbonyl (C=O) groups is 1. The second-order valence-electron chi connectivity index (χ2n) is 2.77. The van der Waals surface area contributed by atoms with Crippen molar-refractivity contribution >= 4 is 5.97 Å². The van der Waals surface area contributed by atoms with Crippen LogP contribution in [-0.2, 0) is 4.79 Å². The molecule has 72 valence electrons. The Labute approximate surface area is 80.6 Å². The van der Waals surface area contributed by atoms with Crippen LogP contribution in [0.1, 0.15) is 63.7 Å². The fourth-order valence-electron chi connectivity index (χ4n) is 0.955. The first kappa shape index (κ1) is 6.01. The summed E-state index contributed by atoms with van der Waals surface area (Å²) in [5.74, 6) is -1.73. The highest BCUT2D eigenvalue weighted by molar-refractivity contribution is 5.66. The molecule has 0 fully saturated rings. The summed E-state index contributed by atoms with van der Waals surface area (Å²) < 4.78 is 29.3. The standard InChI is InChI=1S/C10H20O2/c1-2-3-4-5-6-7-8-9-10(11)12/h2-9H2,1H3,(H,11,12)/i8D2,9D2. The van der Waals surface area contributed by atoms with E-state index in [4.69, 9.17) is 10.6 Å². The molecule has 0 aromatic carbocycles. The molecule has 0 aliphatic rings. The molecule has 2 nitrogen and oxygen atoms in total. The lowest BCUT2D eigenvalue weighted by Crippen LogP contribution is -1.93. The fourth-order valence-corrected chi connectivity index (χ4v) is 0.955. The zero-order valence-corrected chi connectivity index (χ0v) is 7.60. The normalized spacial score (nSPS) is 17.4. The Kier molecular flexibility index (Phi) is 4.29. The molecule has 1 N–H and O–H groups in total. The summed E-state index contributed by atoms with van der Waals surface area (Å²) in [5.41, 5.74) is 0. The molecule has 0 saturated carbocycles. The Hall–Kier alpha value is -0.530. The molecule has 0 bridgehead atoms. The summed E-state index contributed by atoms with van der Waals surface area (Å²) in [4.78, 5) is 10.6. The number of aliphatic carboxylic acids is 1. The first-order valence-electron chi connectivity index (χ1n) is 6.49. The van der Waals surface area contributed by atoms with Gasteiger partial charge in [0.1, 0.15) is 0 Å². The number of hydrogen-bond acceptors (Lipinski definition) is 1. The van der Waals surface area contributed by atoms with Crippen LogP contribution in [0.4, 0.5) is 0 Å². The van der Waals surface area contributed by atoms with Crippen LogP contribution in [0.5, 0.6) is 0 Å². The fraction of sp³-hybridized carbons (Fsp3) is 0.900. The highest BCUT2D eigenvalue weighted by atomic mass is 16.4. The first-order chi connectivity index (χ1) is 7.25. The van der Waals surface area contributed by atoms with Crippen LogP contribution < -0.4 is 0 Å². The van der Waals surface area contributed by atoms with Gasteiger partial charge in [-0.2, -0.15) is 0 Å². The average molecular weight is 176 g/mol. The largest absolute Gasteiger partial charge is 0.481 e. The van der Waals surface area contributed by atoms with Gasteiger partial charge in [0.25, 0.3) is 0 Å². The molecule has 12 heavy (non-hydrogen) atoms. The molecule has 0 amide bonds. The average Bonchev–Trinajstić information content (AvgIpc) is 2.16. The molecular weight excluding hydrogens is 152 g/mol. The number of carboxylic acids is 1. The van der Waals surface area contributed by atoms with Crippen molar-refractivity contribution in [2.75, 3.05) is 0 Å². The van der Waals surface area contributed by atoms with Crippen LogP contribution in [0.15, 0.2) is 0 Å². The van der Waals surface area contributed by atoms with Gasteiger partial charge in [-0.05, 0) is 6.37 Å². The lowest BCUT2D eigenvalue weighted by atomic mass is 10.1. The number of rotatable bonds is 8. The molecule has 0 aliphatic heterocycles. The predicted molar refractivity (Wildman–Crippen MR) is 50.2 cm³/mol. The van der Waals surface area contributed by atoms with Crippen molar-refractivity contribution in [2.24, 2.45) is 0 Å². The van der Waals surface area contributed by atoms with Gasteiger partial charge in [-0.3, -0.25) is 4.79 Å². The number of carboxylic acid groups (broad SMARTS) is 1. The predicted octanol–water partition coefficient (Wildman–Crippen LogP) is 3.21. The van der Waals surface area contributed by atoms with Crippen molar-refractivity contribution in [3.05, 3.63) is 0 Å². The summed E-state index contributed by atoms with van der Waals surface area (Å²) in [6.07, 6.45) is -0.651. The molecule has 0 radical (unpaired) electrons. The first-order valence-corrected chi connectivity index (χ1v) is 4.49. The molecule has 0 saturated heterocycles. The topological polar surface area (TPSA) is 37.3 Å². The van der Waals surface area contributed by atoms with Crippen molar-refractivity contribution < 1.29 is 15.4 Å². The minimum Gasteiger partial charge on any atom is -0.481 e. The summed E-state index contributed by atoms with van der Waals surface area (Å²) in [6.45, 7) is 2.07. The van der Waals surface area contributed by atoms with Crippen molar-refractivity contribution in [3.8, 4) is 0 Å². The van der Waals surface area contributed by atoms with E-state index in [1.807, 2.05) is 0 Å². The summed E-state index contributed by atoms with van der Waals surface area (Å²) >= 11 is 0. The van der Waals surface area contributed by atoms with Crippen LogP contribution in [0.2, 0.25) is 0 Å². The maximum atomic E-state index is 10.6. The van der Waals surface area contributed by atoms with Gasteiger partial charge in [-0.15, -0.1) is 0 Å². The maximum absolute atomic E-state index is 10.6. The molecule has 0 aromatic heterocycles. The third-order valence-electron chi connectivity index (χ3n) is 1.60. The van der Waals surface area contributed by atoms with Crippen LogP contribution in [0.25, 0.3) is 0 Å². The van der Waals surface area contributed by atoms with Crippen molar-refractivity contribution in [2.45, 2.75) is 58.2 Å². The van der Waals surface area contributed by atoms with Crippen LogP contribution in [-0.4, -0.2) is 11.1 Å². The Morgan fingerprint density at radius 3 is 2.42 bits per heavy atom. The zero-order valence-electron chi connectivity index (χ0n) is 11.6. The second kappa shape index (κ2) is 8.57. The molecule has 0 unspecified atom stereocenters. The van der Waals surface area contributed by atoms with Gasteiger partial charge in [-0.25, -0.2) is 0 Å². The third kappa shape index (κ3) is 9.47. The van der Waals surface area contributed by atoms with E-state index in [2.05, 4.69) is 6.92 Å². The van der Waals surface area contributed by atoms with E-state index < -0.39 is 18.7 Å². The lowest BCUT2D eigenvalue weighted by molar-refractivity contribution is -0.137. The molecule has 0 aliphatic carbocycles. The lowest BCUT2D eigenvalue weighted by Gasteiger charge is -1.98. The van der Waals surface area contributed by atoms with Crippen molar-refractivity contribution in [1.29, 1.82) is 0 Å². The number of hydrogen-bond donors (Lipinski definition) is 1. The summed E-state index contributed by atoms with van der Waals surface area (Å²) in [6, 6.07) is 0. The van der Waals surface area contributed by atoms with E-state index in [-0.39, 0.29) is 6.42 Å². The Morgan fingerprint density at radius 1 is 1.25 bits per heavy atom. The minimum atomic E-state index is -2.81. The zero-order chi connectivity index (χ0) is 12.8. The third-order valence-corrected chi connectivity index (χ3v) is 1.60. The van der Waals surface area contributed by atoms with Gasteiger partial charge in [0.15, 0.2) is 0 Å². The van der Waals surface area contributed by atoms with E-state index >= 15 is 0 Å². The van der Waals surface area contributed by atoms with Crippen molar-refractivity contribution in [3.63, 3.8) is 0 Å². The smallest absolute Gasteiger partial charge is 0.303 e. The molecule has 0 heterocycles. The quantitative estimate of drug-likeness (QED) is 0.576. The second-order valence-corrected chi connectivity index (χ2v) is 2.77. The Balaban J connectivity index is 4.09. The van der Waals surface area contributed by atoms with E-state index in [0.29, 0.717) is 6.42 Å². The molecule has 0 aromatic rings. The van der Waals surface area contributed by atoms with Crippen LogP contribution in [0.3, 0.4) is 0 Å². The monoisotopic (exact) mass is 176 g/mol. The van der Waals surface area contributed by atoms with E-state index in [1.54, 1.807) is 0 Å². The van der Waals surface area contributed by atoms with Gasteiger partial charge in [0.05, 0.1) is 0 Å². The Bertz CT molecular complexity index is 229. The van der Waals surface area contributed by atoms with Gasteiger partial charge in [-0.1, -0.05) is 45.4 Å². The molecule has 0 rings (SSSR count). The van der Waals surface area contributed by atoms with Crippen LogP contribution >= 0.6 is 0 Å². The molecule has 2 heteroatoms. The van der Waals surface area contributed by atoms with Gasteiger partial charge in [0, 0.05) is 11.9 Å². The van der Waals surface area contributed by atoms with E-state index in [1.165, 1.54) is 0 Å². The summed E-state index contributed by atoms with van der Waals surface area (Å²) in [7, 11) is 0. The van der Waals surface area contributed by atoms with Crippen LogP contribution in [0, 0.1) is 0 Å². The Morgan fingerprint density at radius 2 is 1.83 bits per heavy atom. The van der Waals surface area contributed by atoms with Gasteiger partial charge >= 0.3 is 5.97 Å².